The molecule has 0 saturated carbocycles. The van der Waals surface area contributed by atoms with Crippen LogP contribution in [0.25, 0.3) is 0 Å². The number of ether oxygens (including phenoxy) is 2. The van der Waals surface area contributed by atoms with Crippen molar-refractivity contribution in [3.05, 3.63) is 65.7 Å². The molecule has 1 saturated heterocycles. The molecule has 1 heterocycles. The molecule has 1 fully saturated rings. The molecule has 0 radical (unpaired) electrons. The molecule has 0 aromatic heterocycles. The first-order valence-corrected chi connectivity index (χ1v) is 8.54. The van der Waals surface area contributed by atoms with Crippen LogP contribution in [0.4, 0.5) is 0 Å². The molecule has 128 valence electrons. The van der Waals surface area contributed by atoms with E-state index in [0.717, 1.165) is 37.6 Å². The predicted octanol–water partition coefficient (Wildman–Crippen LogP) is 2.50. The van der Waals surface area contributed by atoms with Gasteiger partial charge in [0.1, 0.15) is 18.5 Å². The Labute approximate surface area is 143 Å². The molecule has 4 nitrogen and oxygen atoms in total. The topological polar surface area (TPSA) is 41.9 Å². The number of aliphatic hydroxyl groups excluding tert-OH is 1. The molecular weight excluding hydrogens is 302 g/mol. The van der Waals surface area contributed by atoms with E-state index in [0.29, 0.717) is 13.0 Å². The minimum Gasteiger partial charge on any atom is -0.491 e. The summed E-state index contributed by atoms with van der Waals surface area (Å²) >= 11 is 0. The van der Waals surface area contributed by atoms with E-state index in [1.165, 1.54) is 5.56 Å². The van der Waals surface area contributed by atoms with Crippen LogP contribution >= 0.6 is 0 Å². The Balaban J connectivity index is 1.46. The molecule has 0 aliphatic carbocycles. The summed E-state index contributed by atoms with van der Waals surface area (Å²) in [6.45, 7) is 4.28. The molecule has 0 spiro atoms. The molecule has 1 N–H and O–H groups in total. The van der Waals surface area contributed by atoms with Gasteiger partial charge in [0.05, 0.1) is 6.61 Å². The lowest BCUT2D eigenvalue weighted by molar-refractivity contribution is -0.0504. The maximum Gasteiger partial charge on any atom is 0.119 e. The monoisotopic (exact) mass is 327 g/mol. The first-order valence-electron chi connectivity index (χ1n) is 8.54. The van der Waals surface area contributed by atoms with E-state index in [1.54, 1.807) is 0 Å². The molecule has 0 amide bonds. The van der Waals surface area contributed by atoms with Gasteiger partial charge in [-0.2, -0.15) is 0 Å². The van der Waals surface area contributed by atoms with E-state index < -0.39 is 0 Å². The maximum absolute atomic E-state index is 8.94. The van der Waals surface area contributed by atoms with Gasteiger partial charge in [-0.15, -0.1) is 0 Å². The van der Waals surface area contributed by atoms with Gasteiger partial charge in [0, 0.05) is 26.2 Å². The molecule has 0 bridgehead atoms. The van der Waals surface area contributed by atoms with Crippen LogP contribution in [0.1, 0.15) is 11.1 Å². The van der Waals surface area contributed by atoms with Crippen LogP contribution in [0, 0.1) is 0 Å². The van der Waals surface area contributed by atoms with Crippen LogP contribution in [0.5, 0.6) is 5.75 Å². The van der Waals surface area contributed by atoms with Gasteiger partial charge in [0.2, 0.25) is 0 Å². The van der Waals surface area contributed by atoms with Gasteiger partial charge >= 0.3 is 0 Å². The summed E-state index contributed by atoms with van der Waals surface area (Å²) in [6.07, 6.45) is 0.778. The largest absolute Gasteiger partial charge is 0.491 e. The van der Waals surface area contributed by atoms with Crippen molar-refractivity contribution in [2.75, 3.05) is 32.9 Å². The van der Waals surface area contributed by atoms with Crippen molar-refractivity contribution in [1.82, 2.24) is 4.90 Å². The highest BCUT2D eigenvalue weighted by Crippen LogP contribution is 2.15. The number of morpholine rings is 1. The fourth-order valence-electron chi connectivity index (χ4n) is 2.94. The van der Waals surface area contributed by atoms with Crippen molar-refractivity contribution in [3.63, 3.8) is 0 Å². The Morgan fingerprint density at radius 1 is 1.04 bits per heavy atom. The van der Waals surface area contributed by atoms with E-state index in [1.807, 2.05) is 30.3 Å². The summed E-state index contributed by atoms with van der Waals surface area (Å²) in [4.78, 5) is 2.41. The third kappa shape index (κ3) is 5.06. The molecule has 1 aliphatic rings. The summed E-state index contributed by atoms with van der Waals surface area (Å²) in [5.74, 6) is 0.848. The molecule has 1 aliphatic heterocycles. The number of rotatable bonds is 7. The van der Waals surface area contributed by atoms with Crippen molar-refractivity contribution in [3.8, 4) is 5.75 Å². The molecule has 1 atom stereocenters. The Hall–Kier alpha value is -1.88. The smallest absolute Gasteiger partial charge is 0.119 e. The van der Waals surface area contributed by atoms with E-state index in [4.69, 9.17) is 14.6 Å². The number of nitrogens with zero attached hydrogens (tertiary/aromatic N) is 1. The van der Waals surface area contributed by atoms with Crippen LogP contribution in [-0.4, -0.2) is 49.0 Å². The Kier molecular flexibility index (Phi) is 6.24. The summed E-state index contributed by atoms with van der Waals surface area (Å²) in [7, 11) is 0. The molecular formula is C20H25NO3. The summed E-state index contributed by atoms with van der Waals surface area (Å²) < 4.78 is 11.7. The predicted molar refractivity (Wildman–Crippen MR) is 94.2 cm³/mol. The average Bonchev–Trinajstić information content (AvgIpc) is 2.63. The summed E-state index contributed by atoms with van der Waals surface area (Å²) in [5, 5.41) is 8.94. The first kappa shape index (κ1) is 17.0. The van der Waals surface area contributed by atoms with Gasteiger partial charge in [-0.25, -0.2) is 0 Å². The second-order valence-corrected chi connectivity index (χ2v) is 6.14. The quantitative estimate of drug-likeness (QED) is 0.848. The van der Waals surface area contributed by atoms with Crippen LogP contribution in [-0.2, 0) is 17.7 Å². The van der Waals surface area contributed by atoms with Crippen molar-refractivity contribution in [2.24, 2.45) is 0 Å². The van der Waals surface area contributed by atoms with Gasteiger partial charge in [-0.3, -0.25) is 4.90 Å². The van der Waals surface area contributed by atoms with Crippen LogP contribution in [0.3, 0.4) is 0 Å². The second kappa shape index (κ2) is 8.83. The third-order valence-electron chi connectivity index (χ3n) is 4.23. The fourth-order valence-corrected chi connectivity index (χ4v) is 2.94. The highest BCUT2D eigenvalue weighted by atomic mass is 16.5. The maximum atomic E-state index is 8.94. The zero-order valence-electron chi connectivity index (χ0n) is 13.9. The number of benzene rings is 2. The van der Waals surface area contributed by atoms with E-state index in [-0.39, 0.29) is 12.7 Å². The molecule has 1 unspecified atom stereocenters. The lowest BCUT2D eigenvalue weighted by Crippen LogP contribution is -2.44. The lowest BCUT2D eigenvalue weighted by Gasteiger charge is -2.32. The average molecular weight is 327 g/mol. The first-order chi connectivity index (χ1) is 11.8. The molecule has 2 aromatic carbocycles. The third-order valence-corrected chi connectivity index (χ3v) is 4.23. The van der Waals surface area contributed by atoms with E-state index >= 15 is 0 Å². The van der Waals surface area contributed by atoms with Gasteiger partial charge < -0.3 is 14.6 Å². The van der Waals surface area contributed by atoms with Crippen LogP contribution < -0.4 is 4.74 Å². The Bertz CT molecular complexity index is 600. The standard InChI is InChI=1S/C20H25NO3/c22-12-10-17-6-8-19(9-7-17)24-16-20-15-21(11-13-23-20)14-18-4-2-1-3-5-18/h1-9,20,22H,10-16H2. The lowest BCUT2D eigenvalue weighted by atomic mass is 10.1. The van der Waals surface area contributed by atoms with Gasteiger partial charge in [0.25, 0.3) is 0 Å². The highest BCUT2D eigenvalue weighted by Gasteiger charge is 2.21. The molecule has 2 aromatic rings. The van der Waals surface area contributed by atoms with Crippen molar-refractivity contribution in [1.29, 1.82) is 0 Å². The van der Waals surface area contributed by atoms with Crippen molar-refractivity contribution < 1.29 is 14.6 Å². The van der Waals surface area contributed by atoms with Gasteiger partial charge in [-0.05, 0) is 29.7 Å². The molecule has 24 heavy (non-hydrogen) atoms. The zero-order valence-corrected chi connectivity index (χ0v) is 13.9. The second-order valence-electron chi connectivity index (χ2n) is 6.14. The molecule has 4 heteroatoms. The van der Waals surface area contributed by atoms with Crippen molar-refractivity contribution in [2.45, 2.75) is 19.1 Å². The zero-order chi connectivity index (χ0) is 16.6. The fraction of sp³-hybridized carbons (Fsp3) is 0.400. The Morgan fingerprint density at radius 2 is 1.83 bits per heavy atom. The molecule has 3 rings (SSSR count). The number of hydrogen-bond donors (Lipinski definition) is 1. The SMILES string of the molecule is OCCc1ccc(OCC2CN(Cc3ccccc3)CCO2)cc1. The van der Waals surface area contributed by atoms with E-state index in [9.17, 15) is 0 Å². The Morgan fingerprint density at radius 3 is 2.58 bits per heavy atom. The highest BCUT2D eigenvalue weighted by molar-refractivity contribution is 5.27. The van der Waals surface area contributed by atoms with Crippen LogP contribution in [0.15, 0.2) is 54.6 Å². The number of aliphatic hydroxyl groups is 1. The normalized spacial score (nSPS) is 18.5. The van der Waals surface area contributed by atoms with Crippen molar-refractivity contribution >= 4 is 0 Å². The summed E-state index contributed by atoms with van der Waals surface area (Å²) in [5.41, 5.74) is 2.45. The van der Waals surface area contributed by atoms with Crippen LogP contribution in [0.2, 0.25) is 0 Å². The van der Waals surface area contributed by atoms with Gasteiger partial charge in [-0.1, -0.05) is 42.5 Å². The minimum absolute atomic E-state index is 0.0968. The van der Waals surface area contributed by atoms with Gasteiger partial charge in [0.15, 0.2) is 0 Å². The number of hydrogen-bond acceptors (Lipinski definition) is 4. The van der Waals surface area contributed by atoms with E-state index in [2.05, 4.69) is 29.2 Å². The summed E-state index contributed by atoms with van der Waals surface area (Å²) in [6, 6.07) is 18.4. The minimum atomic E-state index is 0.0968.